The maximum atomic E-state index is 11.9. The van der Waals surface area contributed by atoms with Crippen LogP contribution >= 0.6 is 0 Å². The van der Waals surface area contributed by atoms with Crippen molar-refractivity contribution in [2.45, 2.75) is 19.8 Å². The van der Waals surface area contributed by atoms with Gasteiger partial charge in [-0.25, -0.2) is 4.79 Å². The van der Waals surface area contributed by atoms with E-state index >= 15 is 0 Å². The minimum absolute atomic E-state index is 0.165. The summed E-state index contributed by atoms with van der Waals surface area (Å²) in [6, 6.07) is 7.92. The molecule has 5 nitrogen and oxygen atoms in total. The molecule has 1 heterocycles. The number of likely N-dealkylation sites (tertiary alicyclic amines) is 1. The van der Waals surface area contributed by atoms with Gasteiger partial charge in [0.15, 0.2) is 0 Å². The second kappa shape index (κ2) is 6.41. The molecule has 20 heavy (non-hydrogen) atoms. The highest BCUT2D eigenvalue weighted by Crippen LogP contribution is 2.16. The highest BCUT2D eigenvalue weighted by atomic mass is 16.4. The molecule has 1 aromatic rings. The zero-order chi connectivity index (χ0) is 14.5. The zero-order valence-electron chi connectivity index (χ0n) is 11.6. The number of carboxylic acid groups (broad SMARTS) is 1. The predicted octanol–water partition coefficient (Wildman–Crippen LogP) is 1.65. The maximum absolute atomic E-state index is 11.9. The van der Waals surface area contributed by atoms with Crippen LogP contribution in [0.3, 0.4) is 0 Å². The molecular formula is C15H20N2O3. The number of aliphatic carboxylic acids is 1. The first-order chi connectivity index (χ1) is 9.58. The Hall–Kier alpha value is -2.04. The molecule has 1 atom stereocenters. The topological polar surface area (TPSA) is 69.6 Å². The Bertz CT molecular complexity index is 502. The van der Waals surface area contributed by atoms with Gasteiger partial charge in [-0.05, 0) is 30.9 Å². The van der Waals surface area contributed by atoms with Gasteiger partial charge in [0.05, 0.1) is 5.92 Å². The zero-order valence-corrected chi connectivity index (χ0v) is 11.6. The number of hydrogen-bond acceptors (Lipinski definition) is 2. The Kier molecular flexibility index (Phi) is 4.61. The van der Waals surface area contributed by atoms with Gasteiger partial charge in [-0.1, -0.05) is 24.3 Å². The van der Waals surface area contributed by atoms with Crippen LogP contribution in [0.4, 0.5) is 4.79 Å². The molecule has 0 bridgehead atoms. The molecule has 1 saturated heterocycles. The first-order valence-corrected chi connectivity index (χ1v) is 6.88. The molecule has 1 aliphatic heterocycles. The lowest BCUT2D eigenvalue weighted by Crippen LogP contribution is -2.39. The van der Waals surface area contributed by atoms with E-state index in [9.17, 15) is 9.59 Å². The van der Waals surface area contributed by atoms with Crippen LogP contribution in [-0.4, -0.2) is 41.6 Å². The third kappa shape index (κ3) is 3.50. The quantitative estimate of drug-likeness (QED) is 0.878. The number of carbonyl (C=O) groups excluding carboxylic acids is 1. The lowest BCUT2D eigenvalue weighted by atomic mass is 10.1. The average molecular weight is 276 g/mol. The number of benzene rings is 1. The molecule has 0 saturated carbocycles. The van der Waals surface area contributed by atoms with E-state index in [1.807, 2.05) is 12.1 Å². The number of aryl methyl sites for hydroxylation is 1. The van der Waals surface area contributed by atoms with Gasteiger partial charge in [0.2, 0.25) is 0 Å². The second-order valence-electron chi connectivity index (χ2n) is 5.18. The van der Waals surface area contributed by atoms with Gasteiger partial charge in [0.25, 0.3) is 0 Å². The van der Waals surface area contributed by atoms with Gasteiger partial charge in [-0.2, -0.15) is 0 Å². The number of nitrogens with one attached hydrogen (secondary N) is 1. The molecule has 2 amide bonds. The Labute approximate surface area is 118 Å². The summed E-state index contributed by atoms with van der Waals surface area (Å²) in [6.45, 7) is 3.45. The average Bonchev–Trinajstić information content (AvgIpc) is 2.91. The van der Waals surface area contributed by atoms with Gasteiger partial charge in [-0.3, -0.25) is 4.79 Å². The number of carbonyl (C=O) groups is 2. The van der Waals surface area contributed by atoms with Crippen LogP contribution in [0.5, 0.6) is 0 Å². The Morgan fingerprint density at radius 2 is 2.15 bits per heavy atom. The summed E-state index contributed by atoms with van der Waals surface area (Å²) in [5.74, 6) is -1.24. The van der Waals surface area contributed by atoms with E-state index in [4.69, 9.17) is 5.11 Å². The van der Waals surface area contributed by atoms with Crippen molar-refractivity contribution in [3.63, 3.8) is 0 Å². The molecule has 1 aromatic carbocycles. The van der Waals surface area contributed by atoms with Gasteiger partial charge in [0.1, 0.15) is 0 Å². The summed E-state index contributed by atoms with van der Waals surface area (Å²) < 4.78 is 0. The van der Waals surface area contributed by atoms with Crippen LogP contribution in [0.15, 0.2) is 24.3 Å². The van der Waals surface area contributed by atoms with E-state index in [1.165, 1.54) is 11.1 Å². The predicted molar refractivity (Wildman–Crippen MR) is 75.6 cm³/mol. The summed E-state index contributed by atoms with van der Waals surface area (Å²) in [5.41, 5.74) is 2.44. The fourth-order valence-corrected chi connectivity index (χ4v) is 2.45. The summed E-state index contributed by atoms with van der Waals surface area (Å²) >= 11 is 0. The lowest BCUT2D eigenvalue weighted by Gasteiger charge is -2.17. The van der Waals surface area contributed by atoms with E-state index in [1.54, 1.807) is 4.90 Å². The van der Waals surface area contributed by atoms with Gasteiger partial charge < -0.3 is 15.3 Å². The van der Waals surface area contributed by atoms with Crippen LogP contribution in [0, 0.1) is 12.8 Å². The first-order valence-electron chi connectivity index (χ1n) is 6.88. The first kappa shape index (κ1) is 14.4. The van der Waals surface area contributed by atoms with Crippen molar-refractivity contribution in [1.29, 1.82) is 0 Å². The smallest absolute Gasteiger partial charge is 0.317 e. The molecule has 1 fully saturated rings. The number of rotatable bonds is 4. The second-order valence-corrected chi connectivity index (χ2v) is 5.18. The standard InChI is InChI=1S/C15H20N2O3/c1-11-4-2-3-5-12(11)6-8-16-15(20)17-9-7-13(10-17)14(18)19/h2-5,13H,6-10H2,1H3,(H,16,20)(H,18,19). The fourth-order valence-electron chi connectivity index (χ4n) is 2.45. The van der Waals surface area contributed by atoms with E-state index in [0.717, 1.165) is 6.42 Å². The van der Waals surface area contributed by atoms with Gasteiger partial charge >= 0.3 is 12.0 Å². The monoisotopic (exact) mass is 276 g/mol. The third-order valence-electron chi connectivity index (χ3n) is 3.76. The fraction of sp³-hybridized carbons (Fsp3) is 0.467. The molecule has 5 heteroatoms. The van der Waals surface area contributed by atoms with E-state index < -0.39 is 11.9 Å². The van der Waals surface area contributed by atoms with Crippen molar-refractivity contribution in [1.82, 2.24) is 10.2 Å². The highest BCUT2D eigenvalue weighted by molar-refractivity contribution is 5.77. The van der Waals surface area contributed by atoms with Crippen LogP contribution < -0.4 is 5.32 Å². The van der Waals surface area contributed by atoms with Crippen molar-refractivity contribution in [2.24, 2.45) is 5.92 Å². The summed E-state index contributed by atoms with van der Waals surface area (Å²) in [6.07, 6.45) is 1.33. The molecule has 2 N–H and O–H groups in total. The molecule has 1 unspecified atom stereocenters. The van der Waals surface area contributed by atoms with Crippen LogP contribution in [0.25, 0.3) is 0 Å². The van der Waals surface area contributed by atoms with E-state index in [-0.39, 0.29) is 6.03 Å². The number of carboxylic acids is 1. The molecule has 0 radical (unpaired) electrons. The number of amides is 2. The highest BCUT2D eigenvalue weighted by Gasteiger charge is 2.30. The lowest BCUT2D eigenvalue weighted by molar-refractivity contribution is -0.141. The van der Waals surface area contributed by atoms with Crippen molar-refractivity contribution in [3.05, 3.63) is 35.4 Å². The summed E-state index contributed by atoms with van der Waals surface area (Å²) in [7, 11) is 0. The SMILES string of the molecule is Cc1ccccc1CCNC(=O)N1CCC(C(=O)O)C1. The Morgan fingerprint density at radius 3 is 2.80 bits per heavy atom. The normalized spacial score (nSPS) is 18.1. The minimum Gasteiger partial charge on any atom is -0.481 e. The minimum atomic E-state index is -0.819. The van der Waals surface area contributed by atoms with Crippen molar-refractivity contribution in [2.75, 3.05) is 19.6 Å². The third-order valence-corrected chi connectivity index (χ3v) is 3.76. The number of hydrogen-bond donors (Lipinski definition) is 2. The maximum Gasteiger partial charge on any atom is 0.317 e. The molecule has 0 spiro atoms. The van der Waals surface area contributed by atoms with E-state index in [2.05, 4.69) is 24.4 Å². The Morgan fingerprint density at radius 1 is 1.40 bits per heavy atom. The van der Waals surface area contributed by atoms with Gasteiger partial charge in [0, 0.05) is 19.6 Å². The van der Waals surface area contributed by atoms with E-state index in [0.29, 0.717) is 26.1 Å². The largest absolute Gasteiger partial charge is 0.481 e. The van der Waals surface area contributed by atoms with Crippen molar-refractivity contribution >= 4 is 12.0 Å². The molecular weight excluding hydrogens is 256 g/mol. The van der Waals surface area contributed by atoms with Crippen LogP contribution in [0.1, 0.15) is 17.5 Å². The number of urea groups is 1. The Balaban J connectivity index is 1.76. The van der Waals surface area contributed by atoms with Gasteiger partial charge in [-0.15, -0.1) is 0 Å². The van der Waals surface area contributed by atoms with Crippen LogP contribution in [0.2, 0.25) is 0 Å². The van der Waals surface area contributed by atoms with Crippen LogP contribution in [-0.2, 0) is 11.2 Å². The summed E-state index contributed by atoms with van der Waals surface area (Å²) in [4.78, 5) is 24.3. The van der Waals surface area contributed by atoms with Crippen molar-refractivity contribution < 1.29 is 14.7 Å². The number of nitrogens with zero attached hydrogens (tertiary/aromatic N) is 1. The molecule has 1 aliphatic rings. The molecule has 0 aromatic heterocycles. The molecule has 108 valence electrons. The van der Waals surface area contributed by atoms with Crippen molar-refractivity contribution in [3.8, 4) is 0 Å². The summed E-state index contributed by atoms with van der Waals surface area (Å²) in [5, 5.41) is 11.8. The molecule has 0 aliphatic carbocycles. The molecule has 2 rings (SSSR count).